The molecule has 0 unspecified atom stereocenters. The standard InChI is InChI=1S/C3H6NO.Mt/c1-3(4)2-5;/h2,4-5H,1H3;/q-1;/p-1/b3-2-;. The van der Waals surface area contributed by atoms with Crippen LogP contribution in [0.15, 0.2) is 12.0 Å². The van der Waals surface area contributed by atoms with Gasteiger partial charge in [0.1, 0.15) is 0 Å². The fraction of sp³-hybridized carbons (Fsp3) is 0.333. The zero-order valence-corrected chi connectivity index (χ0v) is 10.3. The molecule has 0 heterocycles. The summed E-state index contributed by atoms with van der Waals surface area (Å²) in [5.41, 5.74) is 6.45. The van der Waals surface area contributed by atoms with Crippen molar-refractivity contribution in [2.75, 3.05) is 0 Å². The predicted octanol–water partition coefficient (Wildman–Crippen LogP) is 0.260. The molecule has 0 aromatic carbocycles. The summed E-state index contributed by atoms with van der Waals surface area (Å²) in [6.07, 6.45) is 0.500. The molecule has 3 heteroatoms. The molecule has 0 amide bonds. The summed E-state index contributed by atoms with van der Waals surface area (Å²) in [5.74, 6) is 0. The van der Waals surface area contributed by atoms with Crippen molar-refractivity contribution in [3.8, 4) is 0 Å². The SMILES string of the molecule is C/C([NH-])=C/[O-].[Mt]. The first kappa shape index (κ1) is 8.84. The van der Waals surface area contributed by atoms with E-state index in [0.29, 0.717) is 6.26 Å². The van der Waals surface area contributed by atoms with Crippen molar-refractivity contribution in [1.82, 2.24) is 0 Å². The van der Waals surface area contributed by atoms with Crippen LogP contribution in [0.1, 0.15) is 6.92 Å². The molecule has 0 rings (SSSR count). The van der Waals surface area contributed by atoms with Crippen LogP contribution in [0, 0.1) is 0 Å². The molecule has 0 fully saturated rings. The maximum Gasteiger partial charge on any atom is 0 e. The third-order valence-electron chi connectivity index (χ3n) is 0.177. The zero-order chi connectivity index (χ0) is 4.28. The first-order valence-corrected chi connectivity index (χ1v) is 1.27. The molecule has 0 spiro atoms. The van der Waals surface area contributed by atoms with Crippen molar-refractivity contribution in [3.05, 3.63) is 17.7 Å². The number of nitrogens with one attached hydrogen (secondary N) is 1. The molecule has 0 atom stereocenters. The molecule has 0 saturated carbocycles. The quantitative estimate of drug-likeness (QED) is 0.579. The smallest absolute Gasteiger partial charge is 0 e. The van der Waals surface area contributed by atoms with Gasteiger partial charge in [-0.05, 0) is 0 Å². The van der Waals surface area contributed by atoms with Gasteiger partial charge in [-0.1, -0.05) is 6.92 Å². The van der Waals surface area contributed by atoms with Gasteiger partial charge in [0, 0.05) is 0 Å². The Balaban J connectivity index is 0. The van der Waals surface area contributed by atoms with Gasteiger partial charge in [0.15, 0.2) is 0 Å². The Morgan fingerprint density at radius 3 is 2.00 bits per heavy atom. The molecular formula is C3H5MtNO-2. The number of allylic oxidation sites excluding steroid dienone is 1. The van der Waals surface area contributed by atoms with Gasteiger partial charge < -0.3 is 10.8 Å². The van der Waals surface area contributed by atoms with E-state index >= 15 is 0 Å². The molecule has 2 nitrogen and oxygen atoms in total. The van der Waals surface area contributed by atoms with Crippen molar-refractivity contribution in [3.63, 3.8) is 0 Å². The van der Waals surface area contributed by atoms with Crippen LogP contribution in [-0.2, 0) is 0 Å². The van der Waals surface area contributed by atoms with Crippen molar-refractivity contribution < 1.29 is 5.11 Å². The van der Waals surface area contributed by atoms with Crippen molar-refractivity contribution in [2.45, 2.75) is 6.92 Å². The van der Waals surface area contributed by atoms with Gasteiger partial charge in [0.25, 0.3) is 0 Å². The fourth-order valence-electron chi connectivity index (χ4n) is 0. The second-order valence-electron chi connectivity index (χ2n) is 0.801. The number of hydrogen-bond donors (Lipinski definition) is 0. The Kier molecular flexibility index (Phi) is 4.92. The van der Waals surface area contributed by atoms with E-state index in [4.69, 9.17) is 5.73 Å². The molecule has 0 aliphatic carbocycles. The van der Waals surface area contributed by atoms with Crippen LogP contribution >= 0.6 is 0 Å². The van der Waals surface area contributed by atoms with Crippen LogP contribution in [-0.4, -0.2) is 0 Å². The molecule has 0 radical (unpaired) electrons. The van der Waals surface area contributed by atoms with Gasteiger partial charge in [0.05, 0.1) is 0 Å². The summed E-state index contributed by atoms with van der Waals surface area (Å²) in [6.45, 7) is 1.44. The summed E-state index contributed by atoms with van der Waals surface area (Å²) in [7, 11) is 0. The van der Waals surface area contributed by atoms with Crippen LogP contribution in [0.5, 0.6) is 0 Å². The predicted molar refractivity (Wildman–Crippen MR) is 18.1 cm³/mol. The summed E-state index contributed by atoms with van der Waals surface area (Å²) in [4.78, 5) is 0. The Morgan fingerprint density at radius 1 is 1.83 bits per heavy atom. The third-order valence-corrected chi connectivity index (χ3v) is 0.177. The molecule has 32 valence electrons. The van der Waals surface area contributed by atoms with E-state index in [9.17, 15) is 5.11 Å². The van der Waals surface area contributed by atoms with Crippen LogP contribution < -0.4 is 5.11 Å². The van der Waals surface area contributed by atoms with Crippen LogP contribution in [0.3, 0.4) is 0 Å². The van der Waals surface area contributed by atoms with E-state index in [1.807, 2.05) is 0 Å². The van der Waals surface area contributed by atoms with E-state index in [2.05, 4.69) is 0 Å². The summed E-state index contributed by atoms with van der Waals surface area (Å²) in [5, 5.41) is 9.28. The Labute approximate surface area is 30.9 Å². The third kappa shape index (κ3) is 36.3. The Hall–Kier alpha value is -1.66. The molecule has 0 bridgehead atoms. The molecule has 0 saturated heterocycles. The molecule has 0 aromatic heterocycles. The Bertz CT molecular complexity index is 48.8. The first-order chi connectivity index (χ1) is 2.27. The van der Waals surface area contributed by atoms with Crippen LogP contribution in [0.25, 0.3) is 5.73 Å². The van der Waals surface area contributed by atoms with E-state index < -0.39 is 0 Å². The van der Waals surface area contributed by atoms with Crippen molar-refractivity contribution >= 4 is 0 Å². The first-order valence-electron chi connectivity index (χ1n) is 1.27. The van der Waals surface area contributed by atoms with Gasteiger partial charge >= 0.3 is 0 Å². The van der Waals surface area contributed by atoms with E-state index in [0.717, 1.165) is 0 Å². The normalized spacial score (nSPS) is 9.83. The second-order valence-corrected chi connectivity index (χ2v) is 0.801. The van der Waals surface area contributed by atoms with Crippen molar-refractivity contribution in [1.29, 1.82) is 0 Å². The molecular weight excluding hydrogens is 344 g/mol. The topological polar surface area (TPSA) is 46.9 Å². The van der Waals surface area contributed by atoms with E-state index in [1.54, 1.807) is 0 Å². The van der Waals surface area contributed by atoms with Gasteiger partial charge in [-0.15, -0.1) is 0 Å². The average molecular weight is 349 g/mol. The summed E-state index contributed by atoms with van der Waals surface area (Å²) >= 11 is 0. The molecule has 0 aliphatic rings. The van der Waals surface area contributed by atoms with E-state index in [-0.39, 0.29) is 5.70 Å². The minimum absolute atomic E-state index is 0. The van der Waals surface area contributed by atoms with Gasteiger partial charge in [-0.2, -0.15) is 12.0 Å². The van der Waals surface area contributed by atoms with Crippen molar-refractivity contribution in [2.24, 2.45) is 0 Å². The molecule has 0 aliphatic heterocycles. The van der Waals surface area contributed by atoms with Gasteiger partial charge in [0.2, 0.25) is 0 Å². The molecule has 0 aromatic rings. The number of hydrogen-bond acceptors (Lipinski definition) is 1. The second kappa shape index (κ2) is 3.34. The molecule has 6 heavy (non-hydrogen) atoms. The summed E-state index contributed by atoms with van der Waals surface area (Å²) in [6, 6.07) is 0. The monoisotopic (exact) mass is 349 g/mol. The van der Waals surface area contributed by atoms with E-state index in [1.165, 1.54) is 6.92 Å². The largest absolute Gasteiger partial charge is 0.879 e. The number of rotatable bonds is 0. The molecule has 1 N–H and O–H groups in total. The van der Waals surface area contributed by atoms with Gasteiger partial charge in [-0.3, -0.25) is 0 Å². The minimum Gasteiger partial charge on any atom is -0.879 e. The van der Waals surface area contributed by atoms with Crippen LogP contribution in [0.4, 0.5) is 0 Å². The minimum atomic E-state index is 0. The maximum atomic E-state index is 9.28. The Morgan fingerprint density at radius 2 is 2.00 bits per heavy atom. The van der Waals surface area contributed by atoms with Crippen LogP contribution in [0.2, 0.25) is 0 Å². The zero-order valence-electron chi connectivity index (χ0n) is 3.69. The average Bonchev–Trinajstić information content (AvgIpc) is 1.38. The fourth-order valence-corrected chi connectivity index (χ4v) is 0. The van der Waals surface area contributed by atoms with Gasteiger partial charge in [-0.25, -0.2) is 0 Å². The summed E-state index contributed by atoms with van der Waals surface area (Å²) < 4.78 is 0. The maximum absolute atomic E-state index is 9.28.